The molecule has 0 aliphatic carbocycles. The summed E-state index contributed by atoms with van der Waals surface area (Å²) in [7, 11) is 5.49. The number of rotatable bonds is 3. The number of hydrogen-bond acceptors (Lipinski definition) is 4. The van der Waals surface area contributed by atoms with E-state index in [4.69, 9.17) is 14.2 Å². The third-order valence-electron chi connectivity index (χ3n) is 4.25. The van der Waals surface area contributed by atoms with Crippen LogP contribution in [0.2, 0.25) is 0 Å². The molecule has 0 N–H and O–H groups in total. The van der Waals surface area contributed by atoms with Gasteiger partial charge in [-0.1, -0.05) is 18.2 Å². The number of fused-ring (bicyclic) bond motifs is 1. The summed E-state index contributed by atoms with van der Waals surface area (Å²) in [6.45, 7) is 2.50. The lowest BCUT2D eigenvalue weighted by atomic mass is 9.95. The molecule has 0 saturated heterocycles. The predicted molar refractivity (Wildman–Crippen MR) is 90.1 cm³/mol. The van der Waals surface area contributed by atoms with Crippen LogP contribution in [0.1, 0.15) is 22.8 Å². The lowest BCUT2D eigenvalue weighted by Crippen LogP contribution is -2.27. The van der Waals surface area contributed by atoms with Gasteiger partial charge in [-0.2, -0.15) is 0 Å². The van der Waals surface area contributed by atoms with Crippen LogP contribution in [-0.4, -0.2) is 39.3 Å². The van der Waals surface area contributed by atoms with Crippen molar-refractivity contribution in [2.75, 3.05) is 34.4 Å². The summed E-state index contributed by atoms with van der Waals surface area (Å²) in [6.07, 6.45) is -0.0597. The van der Waals surface area contributed by atoms with Gasteiger partial charge in [-0.05, 0) is 48.0 Å². The van der Waals surface area contributed by atoms with E-state index in [-0.39, 0.29) is 6.10 Å². The number of nitrogens with zero attached hydrogens (tertiary/aromatic N) is 1. The largest absolute Gasteiger partial charge is 0.497 e. The first-order valence-corrected chi connectivity index (χ1v) is 7.82. The van der Waals surface area contributed by atoms with E-state index in [9.17, 15) is 0 Å². The highest BCUT2D eigenvalue weighted by atomic mass is 16.5. The molecule has 1 aliphatic rings. The van der Waals surface area contributed by atoms with Crippen LogP contribution in [0.5, 0.6) is 11.5 Å². The van der Waals surface area contributed by atoms with Crippen LogP contribution >= 0.6 is 0 Å². The van der Waals surface area contributed by atoms with Gasteiger partial charge in [0.25, 0.3) is 0 Å². The Morgan fingerprint density at radius 2 is 1.70 bits per heavy atom. The Morgan fingerprint density at radius 3 is 2.39 bits per heavy atom. The van der Waals surface area contributed by atoms with Crippen molar-refractivity contribution in [3.8, 4) is 11.5 Å². The van der Waals surface area contributed by atoms with Gasteiger partial charge >= 0.3 is 0 Å². The maximum atomic E-state index is 6.19. The molecular formula is C19H23NO3. The van der Waals surface area contributed by atoms with E-state index in [2.05, 4.69) is 36.2 Å². The molecule has 23 heavy (non-hydrogen) atoms. The summed E-state index contributed by atoms with van der Waals surface area (Å²) in [4.78, 5) is 2.27. The summed E-state index contributed by atoms with van der Waals surface area (Å²) in [5.41, 5.74) is 3.58. The zero-order chi connectivity index (χ0) is 16.2. The highest BCUT2D eigenvalue weighted by Gasteiger charge is 2.22. The van der Waals surface area contributed by atoms with Gasteiger partial charge in [0.2, 0.25) is 0 Å². The minimum atomic E-state index is -0.0597. The van der Waals surface area contributed by atoms with E-state index in [0.29, 0.717) is 6.61 Å². The third-order valence-corrected chi connectivity index (χ3v) is 4.25. The molecule has 3 rings (SSSR count). The Morgan fingerprint density at radius 1 is 1.00 bits per heavy atom. The lowest BCUT2D eigenvalue weighted by molar-refractivity contribution is 0.0553. The minimum Gasteiger partial charge on any atom is -0.497 e. The third kappa shape index (κ3) is 3.49. The van der Waals surface area contributed by atoms with E-state index in [1.54, 1.807) is 14.2 Å². The second kappa shape index (κ2) is 7.02. The van der Waals surface area contributed by atoms with Gasteiger partial charge < -0.3 is 14.2 Å². The number of likely N-dealkylation sites (N-methyl/N-ethyl adjacent to an activating group) is 1. The Balaban J connectivity index is 2.01. The standard InChI is InChI=1S/C19H23NO3/c1-20-10-11-23-19(14-4-6-16(21-2)7-5-14)18-9-8-17(22-3)12-15(18)13-20/h4-9,12,19H,10-11,13H2,1-3H3. The summed E-state index contributed by atoms with van der Waals surface area (Å²) in [6, 6.07) is 14.3. The van der Waals surface area contributed by atoms with Gasteiger partial charge in [-0.25, -0.2) is 0 Å². The summed E-state index contributed by atoms with van der Waals surface area (Å²) >= 11 is 0. The van der Waals surface area contributed by atoms with Crippen LogP contribution in [0, 0.1) is 0 Å². The normalized spacial score (nSPS) is 18.7. The van der Waals surface area contributed by atoms with Gasteiger partial charge in [-0.3, -0.25) is 4.90 Å². The average Bonchev–Trinajstić information content (AvgIpc) is 2.57. The van der Waals surface area contributed by atoms with Crippen molar-refractivity contribution in [2.45, 2.75) is 12.6 Å². The fraction of sp³-hybridized carbons (Fsp3) is 0.368. The van der Waals surface area contributed by atoms with E-state index < -0.39 is 0 Å². The first-order chi connectivity index (χ1) is 11.2. The molecule has 0 fully saturated rings. The molecule has 1 unspecified atom stereocenters. The van der Waals surface area contributed by atoms with Crippen LogP contribution in [-0.2, 0) is 11.3 Å². The maximum absolute atomic E-state index is 6.19. The monoisotopic (exact) mass is 313 g/mol. The highest BCUT2D eigenvalue weighted by molar-refractivity contribution is 5.42. The summed E-state index contributed by atoms with van der Waals surface area (Å²) in [5, 5.41) is 0. The van der Waals surface area contributed by atoms with Gasteiger partial charge in [-0.15, -0.1) is 0 Å². The van der Waals surface area contributed by atoms with Crippen molar-refractivity contribution in [1.29, 1.82) is 0 Å². The van der Waals surface area contributed by atoms with Gasteiger partial charge in [0.05, 0.1) is 20.8 Å². The first-order valence-electron chi connectivity index (χ1n) is 7.82. The molecule has 0 aromatic heterocycles. The van der Waals surface area contributed by atoms with Crippen molar-refractivity contribution in [2.24, 2.45) is 0 Å². The molecule has 2 aromatic carbocycles. The second-order valence-electron chi connectivity index (χ2n) is 5.83. The smallest absolute Gasteiger partial charge is 0.119 e. The molecule has 0 amide bonds. The van der Waals surface area contributed by atoms with Crippen molar-refractivity contribution < 1.29 is 14.2 Å². The van der Waals surface area contributed by atoms with Crippen molar-refractivity contribution in [3.63, 3.8) is 0 Å². The molecule has 0 radical (unpaired) electrons. The van der Waals surface area contributed by atoms with Gasteiger partial charge in [0, 0.05) is 13.1 Å². The quantitative estimate of drug-likeness (QED) is 0.870. The average molecular weight is 313 g/mol. The Bertz CT molecular complexity index is 654. The molecular weight excluding hydrogens is 290 g/mol. The Hall–Kier alpha value is -2.04. The van der Waals surface area contributed by atoms with E-state index in [1.165, 1.54) is 11.1 Å². The molecule has 0 saturated carbocycles. The molecule has 1 aliphatic heterocycles. The summed E-state index contributed by atoms with van der Waals surface area (Å²) < 4.78 is 16.8. The van der Waals surface area contributed by atoms with Crippen LogP contribution in [0.15, 0.2) is 42.5 Å². The van der Waals surface area contributed by atoms with E-state index in [0.717, 1.165) is 30.2 Å². The molecule has 4 nitrogen and oxygen atoms in total. The first kappa shape index (κ1) is 15.8. The van der Waals surface area contributed by atoms with Crippen LogP contribution in [0.25, 0.3) is 0 Å². The molecule has 4 heteroatoms. The molecule has 0 bridgehead atoms. The van der Waals surface area contributed by atoms with Crippen molar-refractivity contribution >= 4 is 0 Å². The number of benzene rings is 2. The molecule has 122 valence electrons. The van der Waals surface area contributed by atoms with Crippen LogP contribution in [0.4, 0.5) is 0 Å². The number of hydrogen-bond donors (Lipinski definition) is 0. The van der Waals surface area contributed by atoms with Crippen molar-refractivity contribution in [3.05, 3.63) is 59.2 Å². The molecule has 1 atom stereocenters. The fourth-order valence-corrected chi connectivity index (χ4v) is 2.94. The van der Waals surface area contributed by atoms with Crippen LogP contribution < -0.4 is 9.47 Å². The highest BCUT2D eigenvalue weighted by Crippen LogP contribution is 2.33. The summed E-state index contributed by atoms with van der Waals surface area (Å²) in [5.74, 6) is 1.74. The lowest BCUT2D eigenvalue weighted by Gasteiger charge is -2.28. The zero-order valence-corrected chi connectivity index (χ0v) is 13.9. The topological polar surface area (TPSA) is 30.9 Å². The Labute approximate surface area is 137 Å². The number of methoxy groups -OCH3 is 2. The zero-order valence-electron chi connectivity index (χ0n) is 13.9. The Kier molecular flexibility index (Phi) is 4.84. The predicted octanol–water partition coefficient (Wildman–Crippen LogP) is 3.26. The fourth-order valence-electron chi connectivity index (χ4n) is 2.94. The molecule has 2 aromatic rings. The van der Waals surface area contributed by atoms with Crippen LogP contribution in [0.3, 0.4) is 0 Å². The molecule has 0 spiro atoms. The van der Waals surface area contributed by atoms with E-state index in [1.807, 2.05) is 18.2 Å². The maximum Gasteiger partial charge on any atom is 0.119 e. The SMILES string of the molecule is COc1ccc(C2OCCN(C)Cc3cc(OC)ccc32)cc1. The van der Waals surface area contributed by atoms with Crippen molar-refractivity contribution in [1.82, 2.24) is 4.90 Å². The number of ether oxygens (including phenoxy) is 3. The molecule has 1 heterocycles. The minimum absolute atomic E-state index is 0.0597. The van der Waals surface area contributed by atoms with Gasteiger partial charge in [0.1, 0.15) is 17.6 Å². The van der Waals surface area contributed by atoms with E-state index >= 15 is 0 Å². The second-order valence-corrected chi connectivity index (χ2v) is 5.83. The van der Waals surface area contributed by atoms with Gasteiger partial charge in [0.15, 0.2) is 0 Å².